The lowest BCUT2D eigenvalue weighted by molar-refractivity contribution is -0.155. The van der Waals surface area contributed by atoms with Crippen LogP contribution in [0.15, 0.2) is 54.6 Å². The molecule has 2 rings (SSSR count). The molecule has 25 heavy (non-hydrogen) atoms. The van der Waals surface area contributed by atoms with Crippen LogP contribution in [-0.2, 0) is 14.3 Å². The minimum atomic E-state index is -0.906. The van der Waals surface area contributed by atoms with Crippen molar-refractivity contribution in [2.75, 3.05) is 11.9 Å². The first-order valence-corrected chi connectivity index (χ1v) is 8.24. The molecule has 0 fully saturated rings. The number of hydrogen-bond donors (Lipinski definition) is 1. The maximum atomic E-state index is 12.1. The number of benzene rings is 2. The number of para-hydroxylation sites is 1. The molecule has 0 aromatic heterocycles. The molecule has 0 aliphatic carbocycles. The van der Waals surface area contributed by atoms with Crippen molar-refractivity contribution in [3.63, 3.8) is 0 Å². The minimum absolute atomic E-state index is 0.245. The van der Waals surface area contributed by atoms with Crippen molar-refractivity contribution in [3.05, 3.63) is 60.2 Å². The molecular formula is C20H23NO4. The van der Waals surface area contributed by atoms with E-state index in [1.54, 1.807) is 24.3 Å². The van der Waals surface area contributed by atoms with Gasteiger partial charge in [0, 0.05) is 5.69 Å². The van der Waals surface area contributed by atoms with Crippen molar-refractivity contribution in [1.29, 1.82) is 0 Å². The fourth-order valence-electron chi connectivity index (χ4n) is 2.14. The van der Waals surface area contributed by atoms with Crippen LogP contribution in [0.5, 0.6) is 5.75 Å². The third-order valence-corrected chi connectivity index (χ3v) is 3.62. The van der Waals surface area contributed by atoms with Gasteiger partial charge >= 0.3 is 5.97 Å². The molecule has 1 amide bonds. The second-order valence-electron chi connectivity index (χ2n) is 6.00. The Hall–Kier alpha value is -2.82. The summed E-state index contributed by atoms with van der Waals surface area (Å²) in [4.78, 5) is 23.9. The third-order valence-electron chi connectivity index (χ3n) is 3.62. The maximum Gasteiger partial charge on any atom is 0.344 e. The largest absolute Gasteiger partial charge is 0.482 e. The fraction of sp³-hybridized carbons (Fsp3) is 0.300. The molecule has 0 heterocycles. The summed E-state index contributed by atoms with van der Waals surface area (Å²) < 4.78 is 10.4. The van der Waals surface area contributed by atoms with Crippen molar-refractivity contribution < 1.29 is 19.1 Å². The van der Waals surface area contributed by atoms with Crippen molar-refractivity contribution >= 4 is 17.6 Å². The van der Waals surface area contributed by atoms with E-state index < -0.39 is 12.1 Å². The smallest absolute Gasteiger partial charge is 0.344 e. The molecule has 0 saturated carbocycles. The molecule has 2 aromatic rings. The molecule has 0 radical (unpaired) electrons. The van der Waals surface area contributed by atoms with E-state index in [0.717, 1.165) is 0 Å². The van der Waals surface area contributed by atoms with Crippen molar-refractivity contribution in [2.45, 2.75) is 32.8 Å². The van der Waals surface area contributed by atoms with E-state index in [2.05, 4.69) is 19.2 Å². The Morgan fingerprint density at radius 2 is 1.60 bits per heavy atom. The molecule has 5 nitrogen and oxygen atoms in total. The van der Waals surface area contributed by atoms with Gasteiger partial charge < -0.3 is 14.8 Å². The van der Waals surface area contributed by atoms with Gasteiger partial charge in [-0.15, -0.1) is 0 Å². The van der Waals surface area contributed by atoms with E-state index >= 15 is 0 Å². The second-order valence-corrected chi connectivity index (χ2v) is 6.00. The summed E-state index contributed by atoms with van der Waals surface area (Å²) in [6.07, 6.45) is -0.906. The molecule has 0 bridgehead atoms. The molecule has 0 aliphatic heterocycles. The van der Waals surface area contributed by atoms with Gasteiger partial charge in [0.1, 0.15) is 5.75 Å². The van der Waals surface area contributed by atoms with E-state index in [4.69, 9.17) is 9.47 Å². The van der Waals surface area contributed by atoms with Crippen molar-refractivity contribution in [1.82, 2.24) is 0 Å². The van der Waals surface area contributed by atoms with E-state index in [-0.39, 0.29) is 12.5 Å². The van der Waals surface area contributed by atoms with E-state index in [9.17, 15) is 9.59 Å². The van der Waals surface area contributed by atoms with Gasteiger partial charge in [-0.05, 0) is 42.7 Å². The predicted octanol–water partition coefficient (Wildman–Crippen LogP) is 3.76. The van der Waals surface area contributed by atoms with E-state index in [1.165, 1.54) is 12.5 Å². The molecule has 0 unspecified atom stereocenters. The van der Waals surface area contributed by atoms with Gasteiger partial charge in [-0.25, -0.2) is 4.79 Å². The highest BCUT2D eigenvalue weighted by molar-refractivity contribution is 5.95. The Morgan fingerprint density at radius 1 is 0.960 bits per heavy atom. The summed E-state index contributed by atoms with van der Waals surface area (Å²) in [5.41, 5.74) is 1.85. The number of esters is 1. The molecule has 0 aliphatic rings. The molecular weight excluding hydrogens is 318 g/mol. The third kappa shape index (κ3) is 5.95. The second kappa shape index (κ2) is 8.87. The van der Waals surface area contributed by atoms with Gasteiger partial charge in [0.05, 0.1) is 0 Å². The molecule has 132 valence electrons. The van der Waals surface area contributed by atoms with Crippen LogP contribution in [0.2, 0.25) is 0 Å². The Bertz CT molecular complexity index is 695. The highest BCUT2D eigenvalue weighted by Gasteiger charge is 2.18. The zero-order valence-electron chi connectivity index (χ0n) is 14.7. The van der Waals surface area contributed by atoms with Gasteiger partial charge in [0.2, 0.25) is 0 Å². The van der Waals surface area contributed by atoms with E-state index in [0.29, 0.717) is 17.4 Å². The van der Waals surface area contributed by atoms with E-state index in [1.807, 2.05) is 30.3 Å². The van der Waals surface area contributed by atoms with Crippen LogP contribution < -0.4 is 10.1 Å². The Labute approximate surface area is 148 Å². The topological polar surface area (TPSA) is 64.6 Å². The lowest BCUT2D eigenvalue weighted by atomic mass is 10.0. The van der Waals surface area contributed by atoms with Gasteiger partial charge in [-0.2, -0.15) is 0 Å². The summed E-state index contributed by atoms with van der Waals surface area (Å²) in [6, 6.07) is 16.5. The van der Waals surface area contributed by atoms with Gasteiger partial charge in [-0.1, -0.05) is 44.2 Å². The maximum absolute atomic E-state index is 12.1. The van der Waals surface area contributed by atoms with Crippen molar-refractivity contribution in [2.24, 2.45) is 0 Å². The normalized spacial score (nSPS) is 11.7. The lowest BCUT2D eigenvalue weighted by Crippen LogP contribution is -2.31. The van der Waals surface area contributed by atoms with Crippen LogP contribution in [-0.4, -0.2) is 24.6 Å². The standard InChI is InChI=1S/C20H23NO4/c1-14(2)16-9-11-17(12-10-16)21-20(23)15(3)25-19(22)13-24-18-7-5-4-6-8-18/h4-12,14-15H,13H2,1-3H3,(H,21,23)/t15-/m0/s1. The number of nitrogens with one attached hydrogen (secondary N) is 1. The number of rotatable bonds is 7. The van der Waals surface area contributed by atoms with Gasteiger partial charge in [0.15, 0.2) is 12.7 Å². The van der Waals surface area contributed by atoms with Crippen LogP contribution >= 0.6 is 0 Å². The van der Waals surface area contributed by atoms with Crippen LogP contribution in [0.3, 0.4) is 0 Å². The molecule has 1 atom stereocenters. The summed E-state index contributed by atoms with van der Waals surface area (Å²) in [5, 5.41) is 2.73. The Kier molecular flexibility index (Phi) is 6.57. The van der Waals surface area contributed by atoms with Gasteiger partial charge in [0.25, 0.3) is 5.91 Å². The molecule has 5 heteroatoms. The highest BCUT2D eigenvalue weighted by atomic mass is 16.6. The fourth-order valence-corrected chi connectivity index (χ4v) is 2.14. The summed E-state index contributed by atoms with van der Waals surface area (Å²) in [5.74, 6) is 0.0167. The first kappa shape index (κ1) is 18.5. The first-order chi connectivity index (χ1) is 12.0. The predicted molar refractivity (Wildman–Crippen MR) is 96.7 cm³/mol. The molecule has 0 saturated heterocycles. The number of amides is 1. The summed E-state index contributed by atoms with van der Waals surface area (Å²) in [7, 11) is 0. The number of carbonyl (C=O) groups is 2. The first-order valence-electron chi connectivity index (χ1n) is 8.24. The Morgan fingerprint density at radius 3 is 2.20 bits per heavy atom. The van der Waals surface area contributed by atoms with Crippen molar-refractivity contribution in [3.8, 4) is 5.75 Å². The van der Waals surface area contributed by atoms with Gasteiger partial charge in [-0.3, -0.25) is 4.79 Å². The lowest BCUT2D eigenvalue weighted by Gasteiger charge is -2.14. The quantitative estimate of drug-likeness (QED) is 0.779. The number of ether oxygens (including phenoxy) is 2. The molecule has 1 N–H and O–H groups in total. The zero-order chi connectivity index (χ0) is 18.2. The van der Waals surface area contributed by atoms with Crippen LogP contribution in [0, 0.1) is 0 Å². The van der Waals surface area contributed by atoms with Crippen LogP contribution in [0.25, 0.3) is 0 Å². The van der Waals surface area contributed by atoms with Crippen LogP contribution in [0.4, 0.5) is 5.69 Å². The molecule has 0 spiro atoms. The zero-order valence-corrected chi connectivity index (χ0v) is 14.7. The minimum Gasteiger partial charge on any atom is -0.482 e. The monoisotopic (exact) mass is 341 g/mol. The average Bonchev–Trinajstić information content (AvgIpc) is 2.61. The Balaban J connectivity index is 1.80. The number of carbonyl (C=O) groups excluding carboxylic acids is 2. The molecule has 2 aromatic carbocycles. The van der Waals surface area contributed by atoms with Crippen LogP contribution in [0.1, 0.15) is 32.3 Å². The SMILES string of the molecule is CC(C)c1ccc(NC(=O)[C@H](C)OC(=O)COc2ccccc2)cc1. The average molecular weight is 341 g/mol. The number of hydrogen-bond acceptors (Lipinski definition) is 4. The summed E-state index contributed by atoms with van der Waals surface area (Å²) >= 11 is 0. The summed E-state index contributed by atoms with van der Waals surface area (Å²) in [6.45, 7) is 5.49. The number of anilines is 1. The highest BCUT2D eigenvalue weighted by Crippen LogP contribution is 2.17.